The molecule has 2 aromatic rings. The van der Waals surface area contributed by atoms with Crippen molar-refractivity contribution in [1.82, 2.24) is 5.32 Å². The average Bonchev–Trinajstić information content (AvgIpc) is 2.65. The van der Waals surface area contributed by atoms with E-state index >= 15 is 0 Å². The molecular formula is C20H17F6NO3. The summed E-state index contributed by atoms with van der Waals surface area (Å²) in [5.41, 5.74) is -1.52. The summed E-state index contributed by atoms with van der Waals surface area (Å²) in [7, 11) is 0. The lowest BCUT2D eigenvalue weighted by Crippen LogP contribution is -2.34. The number of amides is 1. The second-order valence-corrected chi connectivity index (χ2v) is 6.49. The monoisotopic (exact) mass is 433 g/mol. The third-order valence-electron chi connectivity index (χ3n) is 4.25. The number of carboxylic acids is 1. The van der Waals surface area contributed by atoms with Crippen LogP contribution < -0.4 is 5.32 Å². The fourth-order valence-electron chi connectivity index (χ4n) is 2.82. The molecule has 0 aromatic heterocycles. The van der Waals surface area contributed by atoms with Crippen LogP contribution in [0.15, 0.2) is 48.5 Å². The Bertz CT molecular complexity index is 894. The van der Waals surface area contributed by atoms with Crippen molar-refractivity contribution in [2.75, 3.05) is 0 Å². The molecular weight excluding hydrogens is 416 g/mol. The summed E-state index contributed by atoms with van der Waals surface area (Å²) < 4.78 is 76.6. The van der Waals surface area contributed by atoms with Crippen molar-refractivity contribution in [3.8, 4) is 0 Å². The van der Waals surface area contributed by atoms with Gasteiger partial charge in [-0.05, 0) is 48.2 Å². The normalized spacial score (nSPS) is 13.0. The Kier molecular flexibility index (Phi) is 7.12. The molecule has 0 saturated carbocycles. The van der Waals surface area contributed by atoms with Crippen LogP contribution in [0.4, 0.5) is 26.3 Å². The summed E-state index contributed by atoms with van der Waals surface area (Å²) in [6, 6.07) is 7.68. The maximum atomic E-state index is 13.1. The summed E-state index contributed by atoms with van der Waals surface area (Å²) >= 11 is 0. The number of alkyl halides is 6. The van der Waals surface area contributed by atoms with E-state index < -0.39 is 54.2 Å². The summed E-state index contributed by atoms with van der Waals surface area (Å²) in [6.07, 6.45) is -11.2. The molecule has 0 aliphatic carbocycles. The van der Waals surface area contributed by atoms with Crippen LogP contribution in [0.25, 0.3) is 0 Å². The molecule has 1 amide bonds. The molecule has 4 nitrogen and oxygen atoms in total. The Morgan fingerprint density at radius 1 is 0.967 bits per heavy atom. The molecule has 0 heterocycles. The van der Waals surface area contributed by atoms with E-state index in [-0.39, 0.29) is 17.5 Å². The van der Waals surface area contributed by atoms with Crippen molar-refractivity contribution >= 4 is 11.9 Å². The van der Waals surface area contributed by atoms with Crippen LogP contribution in [0.5, 0.6) is 0 Å². The van der Waals surface area contributed by atoms with E-state index in [0.29, 0.717) is 12.1 Å². The van der Waals surface area contributed by atoms with Gasteiger partial charge < -0.3 is 10.4 Å². The fraction of sp³-hybridized carbons (Fsp3) is 0.300. The van der Waals surface area contributed by atoms with Crippen LogP contribution in [0.3, 0.4) is 0 Å². The largest absolute Gasteiger partial charge is 0.479 e. The SMILES string of the molecule is O=C(NC(C(=O)O)c1cc(C(F)(F)F)ccc1CCCC(F)(F)F)c1ccccc1. The van der Waals surface area contributed by atoms with E-state index in [1.807, 2.05) is 0 Å². The zero-order valence-electron chi connectivity index (χ0n) is 15.3. The molecule has 2 aromatic carbocycles. The molecule has 30 heavy (non-hydrogen) atoms. The maximum absolute atomic E-state index is 13.1. The van der Waals surface area contributed by atoms with Crippen LogP contribution in [0, 0.1) is 0 Å². The lowest BCUT2D eigenvalue weighted by molar-refractivity contribution is -0.140. The van der Waals surface area contributed by atoms with Crippen LogP contribution >= 0.6 is 0 Å². The maximum Gasteiger partial charge on any atom is 0.416 e. The van der Waals surface area contributed by atoms with E-state index in [1.165, 1.54) is 24.3 Å². The van der Waals surface area contributed by atoms with Crippen molar-refractivity contribution in [3.05, 3.63) is 70.8 Å². The molecule has 0 spiro atoms. The Balaban J connectivity index is 2.40. The molecule has 2 N–H and O–H groups in total. The summed E-state index contributed by atoms with van der Waals surface area (Å²) in [6.45, 7) is 0. The number of hydrogen-bond acceptors (Lipinski definition) is 2. The van der Waals surface area contributed by atoms with Crippen LogP contribution in [0.2, 0.25) is 0 Å². The standard InChI is InChI=1S/C20H17F6NO3/c21-19(22,23)10-4-7-12-8-9-14(20(24,25)26)11-15(12)16(18(29)30)27-17(28)13-5-2-1-3-6-13/h1-3,5-6,8-9,11,16H,4,7,10H2,(H,27,28)(H,29,30). The van der Waals surface area contributed by atoms with Gasteiger partial charge in [-0.2, -0.15) is 26.3 Å². The minimum atomic E-state index is -4.80. The molecule has 2 rings (SSSR count). The molecule has 0 fully saturated rings. The van der Waals surface area contributed by atoms with Crippen molar-refractivity contribution in [3.63, 3.8) is 0 Å². The molecule has 0 aliphatic rings. The second kappa shape index (κ2) is 9.19. The predicted molar refractivity (Wildman–Crippen MR) is 94.7 cm³/mol. The third-order valence-corrected chi connectivity index (χ3v) is 4.25. The molecule has 1 unspecified atom stereocenters. The number of hydrogen-bond donors (Lipinski definition) is 2. The number of halogens is 6. The van der Waals surface area contributed by atoms with Gasteiger partial charge in [-0.25, -0.2) is 4.79 Å². The van der Waals surface area contributed by atoms with Gasteiger partial charge in [0.2, 0.25) is 0 Å². The number of carboxylic acid groups (broad SMARTS) is 1. The zero-order chi connectivity index (χ0) is 22.5. The van der Waals surface area contributed by atoms with Gasteiger partial charge in [-0.3, -0.25) is 4.79 Å². The minimum Gasteiger partial charge on any atom is -0.479 e. The number of rotatable bonds is 7. The van der Waals surface area contributed by atoms with Crippen molar-refractivity contribution in [2.24, 2.45) is 0 Å². The average molecular weight is 433 g/mol. The first-order chi connectivity index (χ1) is 13.9. The topological polar surface area (TPSA) is 66.4 Å². The highest BCUT2D eigenvalue weighted by Gasteiger charge is 2.34. The Labute approximate surface area is 167 Å². The predicted octanol–water partition coefficient (Wildman–Crippen LogP) is 5.15. The first-order valence-electron chi connectivity index (χ1n) is 8.74. The highest BCUT2D eigenvalue weighted by atomic mass is 19.4. The van der Waals surface area contributed by atoms with Gasteiger partial charge in [0.15, 0.2) is 6.04 Å². The van der Waals surface area contributed by atoms with Gasteiger partial charge in [-0.15, -0.1) is 0 Å². The Hall–Kier alpha value is -3.04. The lowest BCUT2D eigenvalue weighted by Gasteiger charge is -2.20. The fourth-order valence-corrected chi connectivity index (χ4v) is 2.82. The van der Waals surface area contributed by atoms with E-state index in [1.54, 1.807) is 6.07 Å². The number of benzene rings is 2. The van der Waals surface area contributed by atoms with Crippen LogP contribution in [0.1, 0.15) is 45.9 Å². The zero-order valence-corrected chi connectivity index (χ0v) is 15.3. The Morgan fingerprint density at radius 3 is 2.13 bits per heavy atom. The van der Waals surface area contributed by atoms with E-state index in [2.05, 4.69) is 5.32 Å². The van der Waals surface area contributed by atoms with E-state index in [0.717, 1.165) is 6.07 Å². The number of aliphatic carboxylic acids is 1. The Morgan fingerprint density at radius 2 is 1.60 bits per heavy atom. The number of carbonyl (C=O) groups is 2. The number of aryl methyl sites for hydroxylation is 1. The van der Waals surface area contributed by atoms with Crippen molar-refractivity contribution in [2.45, 2.75) is 37.7 Å². The highest BCUT2D eigenvalue weighted by Crippen LogP contribution is 2.33. The smallest absolute Gasteiger partial charge is 0.416 e. The third kappa shape index (κ3) is 6.50. The van der Waals surface area contributed by atoms with Crippen LogP contribution in [-0.4, -0.2) is 23.2 Å². The van der Waals surface area contributed by atoms with Gasteiger partial charge in [0.1, 0.15) is 0 Å². The second-order valence-electron chi connectivity index (χ2n) is 6.49. The summed E-state index contributed by atoms with van der Waals surface area (Å²) in [5.74, 6) is -2.49. The molecule has 0 bridgehead atoms. The van der Waals surface area contributed by atoms with Gasteiger partial charge in [0, 0.05) is 12.0 Å². The molecule has 10 heteroatoms. The van der Waals surface area contributed by atoms with E-state index in [9.17, 15) is 41.0 Å². The van der Waals surface area contributed by atoms with Gasteiger partial charge >= 0.3 is 18.3 Å². The van der Waals surface area contributed by atoms with Gasteiger partial charge in [0.25, 0.3) is 5.91 Å². The summed E-state index contributed by atoms with van der Waals surface area (Å²) in [5, 5.41) is 11.7. The molecule has 0 radical (unpaired) electrons. The van der Waals surface area contributed by atoms with Gasteiger partial charge in [0.05, 0.1) is 5.56 Å². The first-order valence-corrected chi connectivity index (χ1v) is 8.74. The molecule has 1 atom stereocenters. The highest BCUT2D eigenvalue weighted by molar-refractivity contribution is 5.96. The first kappa shape index (κ1) is 23.2. The molecule has 0 saturated heterocycles. The van der Waals surface area contributed by atoms with E-state index in [4.69, 9.17) is 0 Å². The lowest BCUT2D eigenvalue weighted by atomic mass is 9.93. The molecule has 0 aliphatic heterocycles. The van der Waals surface area contributed by atoms with Crippen molar-refractivity contribution in [1.29, 1.82) is 0 Å². The number of carbonyl (C=O) groups excluding carboxylic acids is 1. The molecule has 162 valence electrons. The number of nitrogens with one attached hydrogen (secondary N) is 1. The minimum absolute atomic E-state index is 0.0204. The summed E-state index contributed by atoms with van der Waals surface area (Å²) in [4.78, 5) is 24.1. The van der Waals surface area contributed by atoms with Crippen LogP contribution in [-0.2, 0) is 17.4 Å². The van der Waals surface area contributed by atoms with Crippen molar-refractivity contribution < 1.29 is 41.0 Å². The quantitative estimate of drug-likeness (QED) is 0.594. The van der Waals surface area contributed by atoms with Gasteiger partial charge in [-0.1, -0.05) is 24.3 Å².